The minimum atomic E-state index is 0. The molecular formula is C19H21Cl2N3O. The van der Waals surface area contributed by atoms with Crippen LogP contribution in [0.25, 0.3) is 22.3 Å². The van der Waals surface area contributed by atoms with Crippen molar-refractivity contribution >= 4 is 40.7 Å². The van der Waals surface area contributed by atoms with Gasteiger partial charge in [0.1, 0.15) is 5.82 Å². The Morgan fingerprint density at radius 2 is 1.80 bits per heavy atom. The SMILES string of the molecule is CCOCCCNc1nc(-c2ccc(Cl)cc2)nc2ccccc12.Cl. The molecule has 0 amide bonds. The van der Waals surface area contributed by atoms with Crippen LogP contribution in [0.1, 0.15) is 13.3 Å². The molecule has 1 aromatic heterocycles. The third kappa shape index (κ3) is 5.05. The van der Waals surface area contributed by atoms with Crippen molar-refractivity contribution in [1.82, 2.24) is 9.97 Å². The zero-order valence-corrected chi connectivity index (χ0v) is 15.6. The zero-order valence-electron chi connectivity index (χ0n) is 14.0. The summed E-state index contributed by atoms with van der Waals surface area (Å²) in [5, 5.41) is 5.13. The number of benzene rings is 2. The number of ether oxygens (including phenoxy) is 1. The Morgan fingerprint density at radius 1 is 1.04 bits per heavy atom. The molecule has 1 heterocycles. The Balaban J connectivity index is 0.00000225. The molecule has 0 radical (unpaired) electrons. The molecule has 25 heavy (non-hydrogen) atoms. The molecule has 0 aliphatic rings. The number of aromatic nitrogens is 2. The first-order valence-electron chi connectivity index (χ1n) is 8.12. The zero-order chi connectivity index (χ0) is 16.8. The Kier molecular flexibility index (Phi) is 7.44. The van der Waals surface area contributed by atoms with E-state index in [1.54, 1.807) is 0 Å². The predicted octanol–water partition coefficient (Wildman–Crippen LogP) is 5.21. The van der Waals surface area contributed by atoms with Crippen molar-refractivity contribution in [2.24, 2.45) is 0 Å². The number of hydrogen-bond donors (Lipinski definition) is 1. The average molecular weight is 378 g/mol. The van der Waals surface area contributed by atoms with Crippen LogP contribution in [0.4, 0.5) is 5.82 Å². The Hall–Kier alpha value is -1.88. The van der Waals surface area contributed by atoms with Crippen LogP contribution in [0.5, 0.6) is 0 Å². The smallest absolute Gasteiger partial charge is 0.162 e. The van der Waals surface area contributed by atoms with Gasteiger partial charge in [0.2, 0.25) is 0 Å². The number of halogens is 2. The second-order valence-corrected chi connectivity index (χ2v) is 5.83. The third-order valence-corrected chi connectivity index (χ3v) is 3.92. The summed E-state index contributed by atoms with van der Waals surface area (Å²) >= 11 is 5.97. The van der Waals surface area contributed by atoms with Crippen LogP contribution in [0.15, 0.2) is 48.5 Å². The van der Waals surface area contributed by atoms with Crippen molar-refractivity contribution in [1.29, 1.82) is 0 Å². The molecular weight excluding hydrogens is 357 g/mol. The van der Waals surface area contributed by atoms with Crippen molar-refractivity contribution in [3.05, 3.63) is 53.6 Å². The number of nitrogens with one attached hydrogen (secondary N) is 1. The highest BCUT2D eigenvalue weighted by molar-refractivity contribution is 6.30. The topological polar surface area (TPSA) is 47.0 Å². The lowest BCUT2D eigenvalue weighted by Crippen LogP contribution is -2.08. The first-order valence-corrected chi connectivity index (χ1v) is 8.50. The van der Waals surface area contributed by atoms with E-state index in [-0.39, 0.29) is 12.4 Å². The maximum absolute atomic E-state index is 5.97. The normalized spacial score (nSPS) is 10.5. The molecule has 132 valence electrons. The molecule has 2 aromatic carbocycles. The van der Waals surface area contributed by atoms with Crippen LogP contribution in [-0.2, 0) is 4.74 Å². The number of rotatable bonds is 7. The predicted molar refractivity (Wildman–Crippen MR) is 107 cm³/mol. The van der Waals surface area contributed by atoms with E-state index >= 15 is 0 Å². The van der Waals surface area contributed by atoms with E-state index in [2.05, 4.69) is 10.3 Å². The first-order chi connectivity index (χ1) is 11.8. The summed E-state index contributed by atoms with van der Waals surface area (Å²) in [6, 6.07) is 15.6. The highest BCUT2D eigenvalue weighted by Crippen LogP contribution is 2.25. The summed E-state index contributed by atoms with van der Waals surface area (Å²) < 4.78 is 5.38. The van der Waals surface area contributed by atoms with Crippen molar-refractivity contribution < 1.29 is 4.74 Å². The molecule has 0 spiro atoms. The lowest BCUT2D eigenvalue weighted by Gasteiger charge is -2.11. The summed E-state index contributed by atoms with van der Waals surface area (Å²) in [5.74, 6) is 1.54. The first kappa shape index (κ1) is 19.4. The molecule has 0 aliphatic heterocycles. The van der Waals surface area contributed by atoms with Gasteiger partial charge in [-0.05, 0) is 49.7 Å². The van der Waals surface area contributed by atoms with Crippen molar-refractivity contribution in [2.45, 2.75) is 13.3 Å². The van der Waals surface area contributed by atoms with E-state index in [1.807, 2.05) is 55.5 Å². The number of para-hydroxylation sites is 1. The van der Waals surface area contributed by atoms with Gasteiger partial charge in [-0.3, -0.25) is 0 Å². The van der Waals surface area contributed by atoms with E-state index in [1.165, 1.54) is 0 Å². The number of fused-ring (bicyclic) bond motifs is 1. The van der Waals surface area contributed by atoms with Gasteiger partial charge in [0.25, 0.3) is 0 Å². The summed E-state index contributed by atoms with van der Waals surface area (Å²) in [6.45, 7) is 4.30. The van der Waals surface area contributed by atoms with Gasteiger partial charge in [-0.2, -0.15) is 0 Å². The Morgan fingerprint density at radius 3 is 2.56 bits per heavy atom. The fourth-order valence-corrected chi connectivity index (χ4v) is 2.59. The number of anilines is 1. The van der Waals surface area contributed by atoms with Crippen molar-refractivity contribution in [2.75, 3.05) is 25.1 Å². The Bertz CT molecular complexity index is 809. The standard InChI is InChI=1S/C19H20ClN3O.ClH/c1-2-24-13-5-12-21-19-16-6-3-4-7-17(16)22-18(23-19)14-8-10-15(20)11-9-14;/h3-4,6-11H,2,5,12-13H2,1H3,(H,21,22,23);1H. The molecule has 3 rings (SSSR count). The third-order valence-electron chi connectivity index (χ3n) is 3.67. The average Bonchev–Trinajstić information content (AvgIpc) is 2.62. The van der Waals surface area contributed by atoms with Crippen molar-refractivity contribution in [3.8, 4) is 11.4 Å². The van der Waals surface area contributed by atoms with E-state index in [0.29, 0.717) is 10.8 Å². The monoisotopic (exact) mass is 377 g/mol. The quantitative estimate of drug-likeness (QED) is 0.574. The molecule has 0 saturated heterocycles. The highest BCUT2D eigenvalue weighted by Gasteiger charge is 2.09. The van der Waals surface area contributed by atoms with Gasteiger partial charge in [-0.1, -0.05) is 23.7 Å². The summed E-state index contributed by atoms with van der Waals surface area (Å²) in [5.41, 5.74) is 1.87. The van der Waals surface area contributed by atoms with Gasteiger partial charge in [0.15, 0.2) is 5.82 Å². The van der Waals surface area contributed by atoms with E-state index in [9.17, 15) is 0 Å². The highest BCUT2D eigenvalue weighted by atomic mass is 35.5. The second-order valence-electron chi connectivity index (χ2n) is 5.40. The molecule has 0 saturated carbocycles. The summed E-state index contributed by atoms with van der Waals surface area (Å²) in [4.78, 5) is 9.39. The maximum atomic E-state index is 5.97. The lowest BCUT2D eigenvalue weighted by molar-refractivity contribution is 0.147. The fraction of sp³-hybridized carbons (Fsp3) is 0.263. The molecule has 4 nitrogen and oxygen atoms in total. The minimum absolute atomic E-state index is 0. The molecule has 0 fully saturated rings. The maximum Gasteiger partial charge on any atom is 0.162 e. The van der Waals surface area contributed by atoms with E-state index in [4.69, 9.17) is 21.3 Å². The van der Waals surface area contributed by atoms with Crippen LogP contribution >= 0.6 is 24.0 Å². The molecule has 3 aromatic rings. The van der Waals surface area contributed by atoms with Gasteiger partial charge in [-0.15, -0.1) is 12.4 Å². The van der Waals surface area contributed by atoms with Gasteiger partial charge in [0.05, 0.1) is 5.52 Å². The lowest BCUT2D eigenvalue weighted by atomic mass is 10.2. The van der Waals surface area contributed by atoms with Crippen LogP contribution in [0, 0.1) is 0 Å². The molecule has 0 unspecified atom stereocenters. The van der Waals surface area contributed by atoms with Crippen LogP contribution in [-0.4, -0.2) is 29.7 Å². The van der Waals surface area contributed by atoms with E-state index in [0.717, 1.165) is 48.5 Å². The molecule has 0 atom stereocenters. The van der Waals surface area contributed by atoms with Gasteiger partial charge in [-0.25, -0.2) is 9.97 Å². The molecule has 0 bridgehead atoms. The number of hydrogen-bond acceptors (Lipinski definition) is 4. The van der Waals surface area contributed by atoms with E-state index < -0.39 is 0 Å². The summed E-state index contributed by atoms with van der Waals surface area (Å²) in [7, 11) is 0. The van der Waals surface area contributed by atoms with Gasteiger partial charge >= 0.3 is 0 Å². The second kappa shape index (κ2) is 9.56. The minimum Gasteiger partial charge on any atom is -0.382 e. The van der Waals surface area contributed by atoms with Crippen LogP contribution in [0.2, 0.25) is 5.02 Å². The Labute approximate surface area is 159 Å². The summed E-state index contributed by atoms with van der Waals surface area (Å²) in [6.07, 6.45) is 0.933. The molecule has 1 N–H and O–H groups in total. The number of nitrogens with zero attached hydrogens (tertiary/aromatic N) is 2. The van der Waals surface area contributed by atoms with Crippen LogP contribution < -0.4 is 5.32 Å². The van der Waals surface area contributed by atoms with Gasteiger partial charge < -0.3 is 10.1 Å². The fourth-order valence-electron chi connectivity index (χ4n) is 2.46. The van der Waals surface area contributed by atoms with Crippen molar-refractivity contribution in [3.63, 3.8) is 0 Å². The molecule has 0 aliphatic carbocycles. The van der Waals surface area contributed by atoms with Crippen LogP contribution in [0.3, 0.4) is 0 Å². The largest absolute Gasteiger partial charge is 0.382 e. The van der Waals surface area contributed by atoms with Gasteiger partial charge in [0, 0.05) is 35.7 Å². The molecule has 6 heteroatoms.